The summed E-state index contributed by atoms with van der Waals surface area (Å²) in [7, 11) is 0. The molecule has 1 heterocycles. The van der Waals surface area contributed by atoms with Crippen LogP contribution in [0.15, 0.2) is 27.4 Å². The van der Waals surface area contributed by atoms with Crippen LogP contribution in [-0.2, 0) is 6.42 Å². The Balaban J connectivity index is 2.58. The number of aryl methyl sites for hydroxylation is 1. The zero-order chi connectivity index (χ0) is 13.3. The number of phenolic OH excluding ortho intramolecular Hbond substituents is 1. The van der Waals surface area contributed by atoms with Crippen LogP contribution in [0.1, 0.15) is 24.7 Å². The van der Waals surface area contributed by atoms with Crippen molar-refractivity contribution in [3.05, 3.63) is 39.7 Å². The van der Waals surface area contributed by atoms with Crippen LogP contribution in [-0.4, -0.2) is 16.3 Å². The number of phenols is 1. The highest BCUT2D eigenvalue weighted by Crippen LogP contribution is 2.23. The Morgan fingerprint density at radius 3 is 2.72 bits per heavy atom. The van der Waals surface area contributed by atoms with E-state index in [-0.39, 0.29) is 11.2 Å². The van der Waals surface area contributed by atoms with Gasteiger partial charge in [-0.25, -0.2) is 0 Å². The van der Waals surface area contributed by atoms with Crippen LogP contribution < -0.4 is 5.43 Å². The first-order valence-electron chi connectivity index (χ1n) is 5.95. The zero-order valence-electron chi connectivity index (χ0n) is 10.4. The highest BCUT2D eigenvalue weighted by Gasteiger charge is 2.11. The molecule has 2 N–H and O–H groups in total. The average molecular weight is 248 g/mol. The lowest BCUT2D eigenvalue weighted by Crippen LogP contribution is -2.11. The maximum Gasteiger partial charge on any atom is 0.193 e. The van der Waals surface area contributed by atoms with Crippen LogP contribution in [0, 0.1) is 6.92 Å². The lowest BCUT2D eigenvalue weighted by Gasteiger charge is -2.08. The number of aromatic hydroxyl groups is 1. The van der Waals surface area contributed by atoms with Gasteiger partial charge in [-0.2, -0.15) is 0 Å². The number of benzene rings is 1. The van der Waals surface area contributed by atoms with Crippen molar-refractivity contribution in [2.45, 2.75) is 32.8 Å². The summed E-state index contributed by atoms with van der Waals surface area (Å²) in [6, 6.07) is 4.36. The smallest absolute Gasteiger partial charge is 0.193 e. The molecule has 0 amide bonds. The Morgan fingerprint density at radius 1 is 1.33 bits per heavy atom. The second-order valence-electron chi connectivity index (χ2n) is 4.48. The molecule has 1 aromatic carbocycles. The van der Waals surface area contributed by atoms with Crippen LogP contribution in [0.4, 0.5) is 0 Å². The third-order valence-electron chi connectivity index (χ3n) is 2.97. The molecule has 0 fully saturated rings. The SMILES string of the molecule is CC[C@@H](O)Cc1cc(=O)c2c(C)cc(O)cc2o1. The molecule has 0 radical (unpaired) electrons. The zero-order valence-corrected chi connectivity index (χ0v) is 10.4. The molecule has 4 heteroatoms. The summed E-state index contributed by atoms with van der Waals surface area (Å²) in [6.45, 7) is 3.61. The Kier molecular flexibility index (Phi) is 3.39. The van der Waals surface area contributed by atoms with E-state index in [2.05, 4.69) is 0 Å². The van der Waals surface area contributed by atoms with Gasteiger partial charge < -0.3 is 14.6 Å². The summed E-state index contributed by atoms with van der Waals surface area (Å²) in [5, 5.41) is 19.6. The van der Waals surface area contributed by atoms with Crippen LogP contribution in [0.3, 0.4) is 0 Å². The molecule has 0 aliphatic rings. The van der Waals surface area contributed by atoms with Crippen LogP contribution in [0.5, 0.6) is 5.75 Å². The van der Waals surface area contributed by atoms with Crippen LogP contribution in [0.2, 0.25) is 0 Å². The van der Waals surface area contributed by atoms with E-state index in [9.17, 15) is 15.0 Å². The first-order valence-corrected chi connectivity index (χ1v) is 5.95. The number of fused-ring (bicyclic) bond motifs is 1. The molecule has 0 unspecified atom stereocenters. The van der Waals surface area contributed by atoms with E-state index >= 15 is 0 Å². The van der Waals surface area contributed by atoms with Crippen LogP contribution >= 0.6 is 0 Å². The van der Waals surface area contributed by atoms with Gasteiger partial charge in [0, 0.05) is 18.6 Å². The van der Waals surface area contributed by atoms with E-state index in [0.29, 0.717) is 35.1 Å². The van der Waals surface area contributed by atoms with Crippen molar-refractivity contribution in [2.24, 2.45) is 0 Å². The highest BCUT2D eigenvalue weighted by molar-refractivity contribution is 5.81. The van der Waals surface area contributed by atoms with Crippen molar-refractivity contribution in [1.82, 2.24) is 0 Å². The predicted molar refractivity (Wildman–Crippen MR) is 68.9 cm³/mol. The Hall–Kier alpha value is -1.81. The summed E-state index contributed by atoms with van der Waals surface area (Å²) < 4.78 is 5.56. The second-order valence-corrected chi connectivity index (χ2v) is 4.48. The van der Waals surface area contributed by atoms with Gasteiger partial charge in [-0.05, 0) is 25.0 Å². The van der Waals surface area contributed by atoms with Gasteiger partial charge in [-0.3, -0.25) is 4.79 Å². The molecule has 18 heavy (non-hydrogen) atoms. The Morgan fingerprint density at radius 2 is 2.06 bits per heavy atom. The minimum absolute atomic E-state index is 0.0661. The number of aliphatic hydroxyl groups is 1. The quantitative estimate of drug-likeness (QED) is 0.872. The molecule has 0 saturated heterocycles. The summed E-state index contributed by atoms with van der Waals surface area (Å²) in [4.78, 5) is 12.0. The van der Waals surface area contributed by atoms with Gasteiger partial charge >= 0.3 is 0 Å². The lowest BCUT2D eigenvalue weighted by molar-refractivity contribution is 0.163. The van der Waals surface area contributed by atoms with Gasteiger partial charge in [0.2, 0.25) is 0 Å². The minimum Gasteiger partial charge on any atom is -0.508 e. The van der Waals surface area contributed by atoms with Gasteiger partial charge in [0.15, 0.2) is 5.43 Å². The molecule has 4 nitrogen and oxygen atoms in total. The molecule has 0 bridgehead atoms. The maximum atomic E-state index is 12.0. The van der Waals surface area contributed by atoms with E-state index < -0.39 is 6.10 Å². The van der Waals surface area contributed by atoms with Crippen LogP contribution in [0.25, 0.3) is 11.0 Å². The highest BCUT2D eigenvalue weighted by atomic mass is 16.3. The van der Waals surface area contributed by atoms with E-state index in [1.165, 1.54) is 18.2 Å². The van der Waals surface area contributed by atoms with Gasteiger partial charge in [0.1, 0.15) is 17.1 Å². The normalized spacial score (nSPS) is 12.8. The standard InChI is InChI=1S/C14H16O4/c1-3-9(15)5-11-7-12(17)14-8(2)4-10(16)6-13(14)18-11/h4,6-7,9,15-16H,3,5H2,1-2H3/t9-/m1/s1. The molecule has 96 valence electrons. The van der Waals surface area contributed by atoms with Crippen molar-refractivity contribution in [3.63, 3.8) is 0 Å². The van der Waals surface area contributed by atoms with Gasteiger partial charge in [-0.15, -0.1) is 0 Å². The molecule has 0 aliphatic carbocycles. The Bertz CT molecular complexity index is 627. The van der Waals surface area contributed by atoms with Gasteiger partial charge in [0.25, 0.3) is 0 Å². The molecule has 1 aromatic heterocycles. The van der Waals surface area contributed by atoms with Crippen molar-refractivity contribution in [2.75, 3.05) is 0 Å². The predicted octanol–water partition coefficient (Wildman–Crippen LogP) is 2.12. The number of aliphatic hydroxyl groups excluding tert-OH is 1. The maximum absolute atomic E-state index is 12.0. The minimum atomic E-state index is -0.524. The molecule has 0 saturated carbocycles. The second kappa shape index (κ2) is 4.82. The molecule has 1 atom stereocenters. The van der Waals surface area contributed by atoms with Gasteiger partial charge in [0.05, 0.1) is 11.5 Å². The first kappa shape index (κ1) is 12.6. The third-order valence-corrected chi connectivity index (χ3v) is 2.97. The van der Waals surface area contributed by atoms with E-state index in [4.69, 9.17) is 4.42 Å². The Labute approximate surface area is 104 Å². The van der Waals surface area contributed by atoms with Crippen molar-refractivity contribution in [3.8, 4) is 5.75 Å². The molecule has 2 aromatic rings. The van der Waals surface area contributed by atoms with Crippen molar-refractivity contribution < 1.29 is 14.6 Å². The lowest BCUT2D eigenvalue weighted by atomic mass is 10.1. The number of hydrogen-bond acceptors (Lipinski definition) is 4. The summed E-state index contributed by atoms with van der Waals surface area (Å²) in [6.07, 6.45) is 0.376. The number of rotatable bonds is 3. The first-order chi connectivity index (χ1) is 8.51. The van der Waals surface area contributed by atoms with E-state index in [1.807, 2.05) is 6.92 Å². The fraction of sp³-hybridized carbons (Fsp3) is 0.357. The number of hydrogen-bond donors (Lipinski definition) is 2. The average Bonchev–Trinajstić information content (AvgIpc) is 2.26. The van der Waals surface area contributed by atoms with Gasteiger partial charge in [-0.1, -0.05) is 6.92 Å². The van der Waals surface area contributed by atoms with E-state index in [1.54, 1.807) is 6.92 Å². The van der Waals surface area contributed by atoms with Crippen molar-refractivity contribution in [1.29, 1.82) is 0 Å². The molecular weight excluding hydrogens is 232 g/mol. The summed E-state index contributed by atoms with van der Waals surface area (Å²) >= 11 is 0. The third kappa shape index (κ3) is 2.38. The van der Waals surface area contributed by atoms with Crippen molar-refractivity contribution >= 4 is 11.0 Å². The molecule has 2 rings (SSSR count). The fourth-order valence-corrected chi connectivity index (χ4v) is 2.00. The summed E-state index contributed by atoms with van der Waals surface area (Å²) in [5.74, 6) is 0.503. The van der Waals surface area contributed by atoms with E-state index in [0.717, 1.165) is 0 Å². The topological polar surface area (TPSA) is 70.7 Å². The fourth-order valence-electron chi connectivity index (χ4n) is 2.00. The largest absolute Gasteiger partial charge is 0.508 e. The summed E-state index contributed by atoms with van der Waals surface area (Å²) in [5.41, 5.74) is 0.895. The molecule has 0 spiro atoms. The molecule has 0 aliphatic heterocycles. The monoisotopic (exact) mass is 248 g/mol. The molecular formula is C14H16O4.